The summed E-state index contributed by atoms with van der Waals surface area (Å²) in [6.45, 7) is 2.01. The van der Waals surface area contributed by atoms with Gasteiger partial charge in [-0.05, 0) is 61.9 Å². The van der Waals surface area contributed by atoms with Gasteiger partial charge in [-0.15, -0.1) is 0 Å². The van der Waals surface area contributed by atoms with Gasteiger partial charge in [0.05, 0.1) is 17.0 Å². The quantitative estimate of drug-likeness (QED) is 0.330. The van der Waals surface area contributed by atoms with Crippen molar-refractivity contribution in [3.05, 3.63) is 82.3 Å². The van der Waals surface area contributed by atoms with Gasteiger partial charge >= 0.3 is 18.1 Å². The summed E-state index contributed by atoms with van der Waals surface area (Å²) in [5.74, 6) is -3.93. The normalized spacial score (nSPS) is 21.5. The Morgan fingerprint density at radius 1 is 1.10 bits per heavy atom. The second kappa shape index (κ2) is 11.3. The molecule has 1 fully saturated rings. The third-order valence-corrected chi connectivity index (χ3v) is 8.32. The first-order valence-electron chi connectivity index (χ1n) is 13.1. The number of nitrogens with two attached hydrogens (primary N) is 1. The standard InChI is InChI=1S/C29H28ClF3N4O3/c30-21-6-2-5-20(14-21)28(16-34)10-7-22(8-11-28)37-12-9-23-24(15-37)35-17-36-25(23)18-3-1-4-19(13-18)26(38)40-27(39)29(31,32)33/h1-6,13-14,17,22H,7-12,15-16,34H2. The van der Waals surface area contributed by atoms with E-state index in [1.807, 2.05) is 18.2 Å². The summed E-state index contributed by atoms with van der Waals surface area (Å²) in [5, 5.41) is 0.716. The SMILES string of the molecule is NCC1(c2cccc(Cl)c2)CCC(N2CCc3c(ncnc3-c3cccc(C(=O)OC(=O)C(F)(F)F)c3)C2)CC1. The minimum atomic E-state index is -5.26. The van der Waals surface area contributed by atoms with E-state index in [4.69, 9.17) is 17.3 Å². The summed E-state index contributed by atoms with van der Waals surface area (Å²) >= 11 is 6.26. The third kappa shape index (κ3) is 5.75. The molecular weight excluding hydrogens is 545 g/mol. The van der Waals surface area contributed by atoms with E-state index in [9.17, 15) is 22.8 Å². The molecule has 40 heavy (non-hydrogen) atoms. The molecule has 7 nitrogen and oxygen atoms in total. The number of hydrogen-bond donors (Lipinski definition) is 1. The molecule has 0 saturated heterocycles. The number of nitrogens with zero attached hydrogens (tertiary/aromatic N) is 3. The summed E-state index contributed by atoms with van der Waals surface area (Å²) in [5.41, 5.74) is 10.2. The number of rotatable bonds is 5. The van der Waals surface area contributed by atoms with E-state index >= 15 is 0 Å². The van der Waals surface area contributed by atoms with Crippen LogP contribution in [0, 0.1) is 0 Å². The molecule has 1 saturated carbocycles. The molecule has 210 valence electrons. The first kappa shape index (κ1) is 28.2. The molecule has 0 atom stereocenters. The highest BCUT2D eigenvalue weighted by molar-refractivity contribution is 6.30. The van der Waals surface area contributed by atoms with Gasteiger partial charge in [0.1, 0.15) is 6.33 Å². The molecule has 0 unspecified atom stereocenters. The van der Waals surface area contributed by atoms with Crippen LogP contribution < -0.4 is 5.73 Å². The van der Waals surface area contributed by atoms with Crippen LogP contribution in [0.15, 0.2) is 54.9 Å². The molecule has 0 spiro atoms. The van der Waals surface area contributed by atoms with E-state index in [2.05, 4.69) is 25.7 Å². The molecular formula is C29H28ClF3N4O3. The van der Waals surface area contributed by atoms with Gasteiger partial charge in [-0.25, -0.2) is 19.6 Å². The van der Waals surface area contributed by atoms with Crippen LogP contribution in [0.3, 0.4) is 0 Å². The number of benzene rings is 2. The molecule has 2 aliphatic rings. The molecule has 11 heteroatoms. The Hall–Kier alpha value is -3.34. The lowest BCUT2D eigenvalue weighted by molar-refractivity contribution is -0.193. The maximum absolute atomic E-state index is 12.5. The molecule has 2 N–H and O–H groups in total. The van der Waals surface area contributed by atoms with Gasteiger partial charge in [-0.3, -0.25) is 4.90 Å². The molecule has 0 radical (unpaired) electrons. The van der Waals surface area contributed by atoms with Crippen molar-refractivity contribution in [3.63, 3.8) is 0 Å². The van der Waals surface area contributed by atoms with Gasteiger partial charge in [0.15, 0.2) is 0 Å². The second-order valence-corrected chi connectivity index (χ2v) is 10.8. The van der Waals surface area contributed by atoms with Crippen molar-refractivity contribution in [3.8, 4) is 11.3 Å². The fraction of sp³-hybridized carbons (Fsp3) is 0.379. The summed E-state index contributed by atoms with van der Waals surface area (Å²) < 4.78 is 41.5. The van der Waals surface area contributed by atoms with Crippen LogP contribution in [0.5, 0.6) is 0 Å². The highest BCUT2D eigenvalue weighted by Crippen LogP contribution is 2.42. The maximum atomic E-state index is 12.5. The average Bonchev–Trinajstić information content (AvgIpc) is 2.96. The number of carbonyl (C=O) groups excluding carboxylic acids is 2. The molecule has 1 aliphatic carbocycles. The van der Waals surface area contributed by atoms with Gasteiger partial charge < -0.3 is 10.5 Å². The largest absolute Gasteiger partial charge is 0.491 e. The third-order valence-electron chi connectivity index (χ3n) is 8.08. The summed E-state index contributed by atoms with van der Waals surface area (Å²) in [6, 6.07) is 14.3. The van der Waals surface area contributed by atoms with E-state index < -0.39 is 18.1 Å². The van der Waals surface area contributed by atoms with E-state index in [1.165, 1.54) is 30.1 Å². The highest BCUT2D eigenvalue weighted by atomic mass is 35.5. The van der Waals surface area contributed by atoms with Crippen molar-refractivity contribution >= 4 is 23.5 Å². The molecule has 0 amide bonds. The van der Waals surface area contributed by atoms with Crippen LogP contribution in [-0.4, -0.2) is 52.1 Å². The van der Waals surface area contributed by atoms with Crippen LogP contribution in [0.2, 0.25) is 5.02 Å². The van der Waals surface area contributed by atoms with E-state index in [-0.39, 0.29) is 11.0 Å². The van der Waals surface area contributed by atoms with Gasteiger partial charge in [0.25, 0.3) is 0 Å². The second-order valence-electron chi connectivity index (χ2n) is 10.3. The monoisotopic (exact) mass is 572 g/mol. The number of hydrogen-bond acceptors (Lipinski definition) is 7. The number of fused-ring (bicyclic) bond motifs is 1. The number of carbonyl (C=O) groups is 2. The van der Waals surface area contributed by atoms with Gasteiger partial charge in [0, 0.05) is 47.2 Å². The summed E-state index contributed by atoms with van der Waals surface area (Å²) in [4.78, 5) is 34.6. The first-order valence-corrected chi connectivity index (χ1v) is 13.4. The minimum absolute atomic E-state index is 0.0820. The smallest absolute Gasteiger partial charge is 0.383 e. The van der Waals surface area contributed by atoms with Crippen molar-refractivity contribution in [1.29, 1.82) is 0 Å². The van der Waals surface area contributed by atoms with E-state index in [0.717, 1.165) is 43.5 Å². The van der Waals surface area contributed by atoms with Gasteiger partial charge in [-0.2, -0.15) is 13.2 Å². The first-order chi connectivity index (χ1) is 19.1. The fourth-order valence-electron chi connectivity index (χ4n) is 5.88. The van der Waals surface area contributed by atoms with Crippen molar-refractivity contribution < 1.29 is 27.5 Å². The Kier molecular flexibility index (Phi) is 7.94. The fourth-order valence-corrected chi connectivity index (χ4v) is 6.07. The Bertz CT molecular complexity index is 1420. The highest BCUT2D eigenvalue weighted by Gasteiger charge is 2.43. The molecule has 5 rings (SSSR count). The molecule has 2 heterocycles. The molecule has 0 bridgehead atoms. The minimum Gasteiger partial charge on any atom is -0.383 e. The van der Waals surface area contributed by atoms with E-state index in [0.29, 0.717) is 41.8 Å². The predicted octanol–water partition coefficient (Wildman–Crippen LogP) is 5.24. The Labute approximate surface area is 234 Å². The number of aromatic nitrogens is 2. The van der Waals surface area contributed by atoms with Gasteiger partial charge in [-0.1, -0.05) is 35.9 Å². The van der Waals surface area contributed by atoms with Crippen molar-refractivity contribution in [2.24, 2.45) is 5.73 Å². The predicted molar refractivity (Wildman–Crippen MR) is 142 cm³/mol. The van der Waals surface area contributed by atoms with Crippen LogP contribution in [0.1, 0.15) is 52.9 Å². The van der Waals surface area contributed by atoms with Crippen molar-refractivity contribution in [2.45, 2.75) is 56.3 Å². The Balaban J connectivity index is 1.29. The zero-order chi connectivity index (χ0) is 28.5. The topological polar surface area (TPSA) is 98.4 Å². The number of halogens is 4. The van der Waals surface area contributed by atoms with Gasteiger partial charge in [0.2, 0.25) is 0 Å². The summed E-state index contributed by atoms with van der Waals surface area (Å²) in [7, 11) is 0. The Morgan fingerprint density at radius 2 is 1.85 bits per heavy atom. The number of alkyl halides is 3. The Morgan fingerprint density at radius 3 is 2.55 bits per heavy atom. The van der Waals surface area contributed by atoms with Crippen molar-refractivity contribution in [1.82, 2.24) is 14.9 Å². The lowest BCUT2D eigenvalue weighted by Gasteiger charge is -2.44. The number of esters is 2. The average molecular weight is 573 g/mol. The van der Waals surface area contributed by atoms with E-state index in [1.54, 1.807) is 6.07 Å². The maximum Gasteiger partial charge on any atom is 0.491 e. The molecule has 1 aromatic heterocycles. The van der Waals surface area contributed by atoms with Crippen LogP contribution >= 0.6 is 11.6 Å². The van der Waals surface area contributed by atoms with Crippen LogP contribution in [-0.2, 0) is 27.9 Å². The van der Waals surface area contributed by atoms with Crippen molar-refractivity contribution in [2.75, 3.05) is 13.1 Å². The summed E-state index contributed by atoms with van der Waals surface area (Å²) in [6.07, 6.45) is 0.800. The molecule has 3 aromatic rings. The molecule has 2 aromatic carbocycles. The van der Waals surface area contributed by atoms with Crippen LogP contribution in [0.25, 0.3) is 11.3 Å². The molecule has 1 aliphatic heterocycles. The number of ether oxygens (including phenoxy) is 1. The zero-order valence-electron chi connectivity index (χ0n) is 21.6. The zero-order valence-corrected chi connectivity index (χ0v) is 22.3. The lowest BCUT2D eigenvalue weighted by Crippen LogP contribution is -2.47. The lowest BCUT2D eigenvalue weighted by atomic mass is 9.68. The van der Waals surface area contributed by atoms with Crippen LogP contribution in [0.4, 0.5) is 13.2 Å².